The zero-order valence-electron chi connectivity index (χ0n) is 7.85. The largest absolute Gasteiger partial charge is 0.495 e. The molecule has 0 radical (unpaired) electrons. The molecule has 0 aliphatic carbocycles. The molecule has 0 aliphatic rings. The molecular formula is C10H11IO2. The fourth-order valence-electron chi connectivity index (χ4n) is 1.20. The lowest BCUT2D eigenvalue weighted by molar-refractivity contribution is 0.101. The fourth-order valence-corrected chi connectivity index (χ4v) is 2.20. The standard InChI is InChI=1S/C10H11IO2/c1-6-4-8(7(2)12)10(13-3)9(11)5-6/h4-5H,1-3H3. The van der Waals surface area contributed by atoms with Crippen molar-refractivity contribution >= 4 is 28.4 Å². The summed E-state index contributed by atoms with van der Waals surface area (Å²) in [4.78, 5) is 11.2. The topological polar surface area (TPSA) is 26.3 Å². The summed E-state index contributed by atoms with van der Waals surface area (Å²) in [5.41, 5.74) is 1.74. The Morgan fingerprint density at radius 1 is 1.46 bits per heavy atom. The van der Waals surface area contributed by atoms with Crippen LogP contribution in [0.1, 0.15) is 22.8 Å². The van der Waals surface area contributed by atoms with Crippen LogP contribution in [0.15, 0.2) is 12.1 Å². The quantitative estimate of drug-likeness (QED) is 0.618. The van der Waals surface area contributed by atoms with Crippen LogP contribution < -0.4 is 4.74 Å². The second-order valence-corrected chi connectivity index (χ2v) is 4.05. The lowest BCUT2D eigenvalue weighted by Crippen LogP contribution is -2.00. The highest BCUT2D eigenvalue weighted by Crippen LogP contribution is 2.27. The lowest BCUT2D eigenvalue weighted by Gasteiger charge is -2.08. The van der Waals surface area contributed by atoms with Crippen molar-refractivity contribution in [3.8, 4) is 5.75 Å². The molecule has 0 N–H and O–H groups in total. The van der Waals surface area contributed by atoms with Crippen LogP contribution in [0.4, 0.5) is 0 Å². The molecule has 0 aliphatic heterocycles. The Kier molecular flexibility index (Phi) is 3.30. The van der Waals surface area contributed by atoms with Gasteiger partial charge < -0.3 is 4.74 Å². The Morgan fingerprint density at radius 2 is 2.08 bits per heavy atom. The van der Waals surface area contributed by atoms with E-state index in [1.807, 2.05) is 19.1 Å². The van der Waals surface area contributed by atoms with Crippen LogP contribution in [0.2, 0.25) is 0 Å². The monoisotopic (exact) mass is 290 g/mol. The molecule has 0 amide bonds. The molecule has 0 atom stereocenters. The maximum absolute atomic E-state index is 11.2. The lowest BCUT2D eigenvalue weighted by atomic mass is 10.1. The first kappa shape index (κ1) is 10.5. The van der Waals surface area contributed by atoms with Gasteiger partial charge in [0.05, 0.1) is 16.2 Å². The smallest absolute Gasteiger partial charge is 0.163 e. The van der Waals surface area contributed by atoms with Gasteiger partial charge in [-0.15, -0.1) is 0 Å². The maximum Gasteiger partial charge on any atom is 0.163 e. The van der Waals surface area contributed by atoms with Crippen LogP contribution in [-0.4, -0.2) is 12.9 Å². The molecule has 3 heteroatoms. The van der Waals surface area contributed by atoms with Crippen molar-refractivity contribution in [2.75, 3.05) is 7.11 Å². The van der Waals surface area contributed by atoms with E-state index in [2.05, 4.69) is 22.6 Å². The maximum atomic E-state index is 11.2. The van der Waals surface area contributed by atoms with E-state index in [1.54, 1.807) is 14.0 Å². The zero-order chi connectivity index (χ0) is 10.0. The number of methoxy groups -OCH3 is 1. The minimum Gasteiger partial charge on any atom is -0.495 e. The molecule has 0 unspecified atom stereocenters. The van der Waals surface area contributed by atoms with Crippen molar-refractivity contribution in [1.29, 1.82) is 0 Å². The molecule has 13 heavy (non-hydrogen) atoms. The van der Waals surface area contributed by atoms with Gasteiger partial charge >= 0.3 is 0 Å². The number of ketones is 1. The van der Waals surface area contributed by atoms with Crippen molar-refractivity contribution in [3.05, 3.63) is 26.8 Å². The van der Waals surface area contributed by atoms with Crippen LogP contribution in [0.5, 0.6) is 5.75 Å². The summed E-state index contributed by atoms with van der Waals surface area (Å²) in [6.45, 7) is 3.52. The van der Waals surface area contributed by atoms with Crippen molar-refractivity contribution in [2.24, 2.45) is 0 Å². The van der Waals surface area contributed by atoms with E-state index in [0.29, 0.717) is 11.3 Å². The first-order valence-electron chi connectivity index (χ1n) is 3.91. The number of aryl methyl sites for hydroxylation is 1. The molecule has 0 saturated carbocycles. The Hall–Kier alpha value is -0.580. The minimum atomic E-state index is 0.0402. The number of ether oxygens (including phenoxy) is 1. The number of hydrogen-bond acceptors (Lipinski definition) is 2. The van der Waals surface area contributed by atoms with Crippen molar-refractivity contribution in [2.45, 2.75) is 13.8 Å². The normalized spacial score (nSPS) is 9.85. The average molecular weight is 290 g/mol. The van der Waals surface area contributed by atoms with Crippen LogP contribution in [0, 0.1) is 10.5 Å². The van der Waals surface area contributed by atoms with E-state index in [-0.39, 0.29) is 5.78 Å². The molecule has 1 aromatic rings. The van der Waals surface area contributed by atoms with E-state index in [4.69, 9.17) is 4.74 Å². The van der Waals surface area contributed by atoms with Crippen molar-refractivity contribution < 1.29 is 9.53 Å². The molecule has 2 nitrogen and oxygen atoms in total. The Morgan fingerprint density at radius 3 is 2.54 bits per heavy atom. The molecule has 0 spiro atoms. The van der Waals surface area contributed by atoms with E-state index >= 15 is 0 Å². The highest BCUT2D eigenvalue weighted by atomic mass is 127. The van der Waals surface area contributed by atoms with Gasteiger partial charge in [0.25, 0.3) is 0 Å². The summed E-state index contributed by atoms with van der Waals surface area (Å²) in [6.07, 6.45) is 0. The summed E-state index contributed by atoms with van der Waals surface area (Å²) in [6, 6.07) is 3.84. The van der Waals surface area contributed by atoms with Crippen molar-refractivity contribution in [1.82, 2.24) is 0 Å². The number of carbonyl (C=O) groups excluding carboxylic acids is 1. The summed E-state index contributed by atoms with van der Waals surface area (Å²) in [7, 11) is 1.58. The summed E-state index contributed by atoms with van der Waals surface area (Å²) < 4.78 is 6.14. The highest BCUT2D eigenvalue weighted by molar-refractivity contribution is 14.1. The van der Waals surface area contributed by atoms with Crippen LogP contribution >= 0.6 is 22.6 Å². The number of benzene rings is 1. The van der Waals surface area contributed by atoms with Gasteiger partial charge in [0.1, 0.15) is 5.75 Å². The third-order valence-electron chi connectivity index (χ3n) is 1.77. The molecule has 0 heterocycles. The SMILES string of the molecule is COc1c(I)cc(C)cc1C(C)=O. The van der Waals surface area contributed by atoms with Crippen molar-refractivity contribution in [3.63, 3.8) is 0 Å². The average Bonchev–Trinajstić information content (AvgIpc) is 2.02. The molecule has 1 aromatic carbocycles. The first-order valence-corrected chi connectivity index (χ1v) is 4.99. The zero-order valence-corrected chi connectivity index (χ0v) is 10.0. The number of Topliss-reactive ketones (excluding diaryl/α,β-unsaturated/α-hetero) is 1. The van der Waals surface area contributed by atoms with Crippen LogP contribution in [0.3, 0.4) is 0 Å². The third kappa shape index (κ3) is 2.21. The summed E-state index contributed by atoms with van der Waals surface area (Å²) >= 11 is 2.17. The van der Waals surface area contributed by atoms with Gasteiger partial charge in [-0.3, -0.25) is 4.79 Å². The number of hydrogen-bond donors (Lipinski definition) is 0. The third-order valence-corrected chi connectivity index (χ3v) is 2.57. The Balaban J connectivity index is 3.38. The van der Waals surface area contributed by atoms with Gasteiger partial charge in [0, 0.05) is 0 Å². The van der Waals surface area contributed by atoms with E-state index in [0.717, 1.165) is 9.13 Å². The summed E-state index contributed by atoms with van der Waals surface area (Å²) in [5.74, 6) is 0.720. The highest BCUT2D eigenvalue weighted by Gasteiger charge is 2.11. The van der Waals surface area contributed by atoms with E-state index in [9.17, 15) is 4.79 Å². The molecule has 0 saturated heterocycles. The Labute approximate surface area is 91.4 Å². The fraction of sp³-hybridized carbons (Fsp3) is 0.300. The van der Waals surface area contributed by atoms with E-state index in [1.165, 1.54) is 0 Å². The van der Waals surface area contributed by atoms with E-state index < -0.39 is 0 Å². The second-order valence-electron chi connectivity index (χ2n) is 2.88. The number of carbonyl (C=O) groups is 1. The predicted octanol–water partition coefficient (Wildman–Crippen LogP) is 2.81. The van der Waals surface area contributed by atoms with Gasteiger partial charge in [0.2, 0.25) is 0 Å². The molecule has 0 fully saturated rings. The summed E-state index contributed by atoms with van der Waals surface area (Å²) in [5, 5.41) is 0. The second kappa shape index (κ2) is 4.09. The van der Waals surface area contributed by atoms with Crippen LogP contribution in [0.25, 0.3) is 0 Å². The minimum absolute atomic E-state index is 0.0402. The van der Waals surface area contributed by atoms with Gasteiger partial charge in [-0.05, 0) is 54.1 Å². The molecule has 70 valence electrons. The Bertz CT molecular complexity index is 345. The molecule has 0 aromatic heterocycles. The van der Waals surface area contributed by atoms with Gasteiger partial charge in [-0.1, -0.05) is 0 Å². The van der Waals surface area contributed by atoms with Gasteiger partial charge in [0.15, 0.2) is 5.78 Å². The molecular weight excluding hydrogens is 279 g/mol. The number of halogens is 1. The number of rotatable bonds is 2. The van der Waals surface area contributed by atoms with Crippen LogP contribution in [-0.2, 0) is 0 Å². The predicted molar refractivity (Wildman–Crippen MR) is 60.5 cm³/mol. The van der Waals surface area contributed by atoms with Gasteiger partial charge in [-0.25, -0.2) is 0 Å². The van der Waals surface area contributed by atoms with Gasteiger partial charge in [-0.2, -0.15) is 0 Å². The molecule has 0 bridgehead atoms. The molecule has 1 rings (SSSR count). The first-order chi connectivity index (χ1) is 6.06.